The Hall–Kier alpha value is -0.877. The van der Waals surface area contributed by atoms with Gasteiger partial charge in [-0.3, -0.25) is 0 Å². The Morgan fingerprint density at radius 1 is 0.761 bits per heavy atom. The van der Waals surface area contributed by atoms with Gasteiger partial charge in [0.25, 0.3) is 0 Å². The molecule has 9 rings (SSSR count). The van der Waals surface area contributed by atoms with E-state index in [2.05, 4.69) is 103 Å². The summed E-state index contributed by atoms with van der Waals surface area (Å²) >= 11 is 1.69. The Labute approximate surface area is 308 Å². The van der Waals surface area contributed by atoms with Crippen molar-refractivity contribution >= 4 is 3.21 Å². The molecule has 0 heterocycles. The number of hydrogen-bond donors (Lipinski definition) is 0. The number of hydrogen-bond acceptors (Lipinski definition) is 0. The van der Waals surface area contributed by atoms with Crippen molar-refractivity contribution in [2.24, 2.45) is 17.8 Å². The molecular weight excluding hydrogens is 679 g/mol. The van der Waals surface area contributed by atoms with E-state index >= 15 is 0 Å². The predicted molar refractivity (Wildman–Crippen MR) is 186 cm³/mol. The van der Waals surface area contributed by atoms with Crippen molar-refractivity contribution in [3.63, 3.8) is 0 Å². The van der Waals surface area contributed by atoms with E-state index in [9.17, 15) is 0 Å². The van der Waals surface area contributed by atoms with Crippen molar-refractivity contribution in [1.29, 1.82) is 0 Å². The molecule has 0 aliphatic heterocycles. The van der Waals surface area contributed by atoms with Crippen LogP contribution in [0.2, 0.25) is 0 Å². The fraction of sp³-hybridized carbons (Fsp3) is 0.581. The standard InChI is InChI=1S/C21H25.C16H21.C6H10.2ClH.Zr/c1-20(2,3)16-7-9-18-14(12-16)11-15-13-17(21(4,5)6)8-10-19(15)18;1-11-2-3-15(4-11)16-8-12-5-13(9-16)7-14(6-12)10-16;1-2-4-6-5-3-1;;;/h7-10,12H,11H2,1-6H3;2-4,12-14H,5-10H2,1H3;1-5H2;2*1H;/q2*-1;;;;+2/p-2. The Balaban J connectivity index is 0.000000170. The summed E-state index contributed by atoms with van der Waals surface area (Å²) in [5.41, 5.74) is 12.5. The zero-order valence-corrected chi connectivity index (χ0v) is 33.6. The van der Waals surface area contributed by atoms with Crippen LogP contribution in [-0.2, 0) is 46.9 Å². The Kier molecular flexibility index (Phi) is 12.3. The van der Waals surface area contributed by atoms with Crippen LogP contribution < -0.4 is 24.8 Å². The van der Waals surface area contributed by atoms with E-state index in [0.717, 1.165) is 24.2 Å². The topological polar surface area (TPSA) is 0 Å². The minimum atomic E-state index is 0. The van der Waals surface area contributed by atoms with Crippen LogP contribution in [0.25, 0.3) is 11.1 Å². The molecule has 0 unspecified atom stereocenters. The molecule has 46 heavy (non-hydrogen) atoms. The van der Waals surface area contributed by atoms with Crippen molar-refractivity contribution < 1.29 is 49.0 Å². The second kappa shape index (κ2) is 14.9. The van der Waals surface area contributed by atoms with Gasteiger partial charge >= 0.3 is 59.5 Å². The fourth-order valence-corrected chi connectivity index (χ4v) is 10.2. The molecule has 0 radical (unpaired) electrons. The van der Waals surface area contributed by atoms with Crippen LogP contribution in [0.1, 0.15) is 146 Å². The Morgan fingerprint density at radius 3 is 1.83 bits per heavy atom. The van der Waals surface area contributed by atoms with Gasteiger partial charge in [0.2, 0.25) is 0 Å². The molecule has 0 saturated heterocycles. The van der Waals surface area contributed by atoms with Crippen LogP contribution in [0, 0.1) is 30.7 Å². The Bertz CT molecular complexity index is 1390. The maximum absolute atomic E-state index is 3.67. The molecule has 0 amide bonds. The molecule has 3 heteroatoms. The average Bonchev–Trinajstić information content (AvgIpc) is 3.56. The van der Waals surface area contributed by atoms with Gasteiger partial charge < -0.3 is 24.8 Å². The summed E-state index contributed by atoms with van der Waals surface area (Å²) in [7, 11) is 0. The molecule has 6 aliphatic rings. The van der Waals surface area contributed by atoms with E-state index in [1.807, 2.05) is 0 Å². The van der Waals surface area contributed by atoms with Gasteiger partial charge in [0, 0.05) is 0 Å². The molecule has 3 aromatic rings. The van der Waals surface area contributed by atoms with E-state index in [-0.39, 0.29) is 35.6 Å². The second-order valence-corrected chi connectivity index (χ2v) is 19.1. The van der Waals surface area contributed by atoms with Gasteiger partial charge in [-0.2, -0.15) is 47.0 Å². The maximum atomic E-state index is 3.67. The van der Waals surface area contributed by atoms with Crippen molar-refractivity contribution in [3.05, 3.63) is 88.0 Å². The summed E-state index contributed by atoms with van der Waals surface area (Å²) in [6, 6.07) is 22.4. The van der Waals surface area contributed by atoms with Crippen molar-refractivity contribution in [3.8, 4) is 11.1 Å². The first-order valence-electron chi connectivity index (χ1n) is 17.8. The summed E-state index contributed by atoms with van der Waals surface area (Å²) in [4.78, 5) is 0. The molecule has 5 fully saturated rings. The number of aryl methyl sites for hydroxylation is 1. The summed E-state index contributed by atoms with van der Waals surface area (Å²) < 4.78 is 1.80. The molecule has 0 atom stereocenters. The van der Waals surface area contributed by atoms with Crippen LogP contribution in [0.4, 0.5) is 0 Å². The first-order valence-corrected chi connectivity index (χ1v) is 19.0. The molecule has 3 aromatic carbocycles. The molecule has 0 aromatic heterocycles. The molecule has 5 saturated carbocycles. The quantitative estimate of drug-likeness (QED) is 0.227. The summed E-state index contributed by atoms with van der Waals surface area (Å²) in [6.07, 6.45) is 17.5. The average molecular weight is 735 g/mol. The first-order chi connectivity index (χ1) is 20.8. The molecule has 4 bridgehead atoms. The Morgan fingerprint density at radius 2 is 1.35 bits per heavy atom. The number of halogens is 2. The molecule has 0 nitrogen and oxygen atoms in total. The van der Waals surface area contributed by atoms with Gasteiger partial charge in [0.1, 0.15) is 0 Å². The van der Waals surface area contributed by atoms with Gasteiger partial charge in [-0.15, -0.1) is 11.1 Å². The monoisotopic (exact) mass is 732 g/mol. The molecule has 248 valence electrons. The summed E-state index contributed by atoms with van der Waals surface area (Å²) in [6.45, 7) is 15.8. The van der Waals surface area contributed by atoms with E-state index in [1.165, 1.54) is 90.3 Å². The van der Waals surface area contributed by atoms with Gasteiger partial charge in [-0.1, -0.05) is 96.9 Å². The van der Waals surface area contributed by atoms with E-state index in [4.69, 9.17) is 0 Å². The van der Waals surface area contributed by atoms with Crippen LogP contribution in [-0.4, -0.2) is 3.21 Å². The fourth-order valence-electron chi connectivity index (χ4n) is 9.36. The van der Waals surface area contributed by atoms with Gasteiger partial charge in [0.05, 0.1) is 0 Å². The van der Waals surface area contributed by atoms with Crippen molar-refractivity contribution in [2.45, 2.75) is 142 Å². The summed E-state index contributed by atoms with van der Waals surface area (Å²) in [5.74, 6) is 3.21. The van der Waals surface area contributed by atoms with Crippen LogP contribution in [0.3, 0.4) is 0 Å². The number of benzene rings is 2. The summed E-state index contributed by atoms with van der Waals surface area (Å²) in [5, 5.41) is 0. The zero-order chi connectivity index (χ0) is 31.3. The predicted octanol–water partition coefficient (Wildman–Crippen LogP) is 5.51. The van der Waals surface area contributed by atoms with Gasteiger partial charge in [-0.25, -0.2) is 6.07 Å². The number of rotatable bonds is 1. The molecular formula is C43H56Cl2Zr-2. The van der Waals surface area contributed by atoms with Crippen molar-refractivity contribution in [1.82, 2.24) is 0 Å². The molecule has 0 N–H and O–H groups in total. The van der Waals surface area contributed by atoms with Crippen molar-refractivity contribution in [2.75, 3.05) is 0 Å². The molecule has 6 aliphatic carbocycles. The number of fused-ring (bicyclic) bond motifs is 3. The van der Waals surface area contributed by atoms with Crippen LogP contribution >= 0.6 is 0 Å². The van der Waals surface area contributed by atoms with E-state index in [0.29, 0.717) is 5.41 Å². The SMILES string of the molecule is CC(C)(C)c1[c-]c2c(cc1)-c1ccc(C(C)(C)C)cc1C2.Cc1cc(C23CC4CC(CC(C4)C2)C3)c[cH-]1.[Cl-].[Cl-].[Zr+2]=[C]1CCCCC1. The normalized spacial score (nSPS) is 25.6. The van der Waals surface area contributed by atoms with E-state index in [1.54, 1.807) is 52.3 Å². The third-order valence-electron chi connectivity index (χ3n) is 11.5. The molecule has 0 spiro atoms. The van der Waals surface area contributed by atoms with Crippen LogP contribution in [0.15, 0.2) is 48.5 Å². The minimum absolute atomic E-state index is 0. The second-order valence-electron chi connectivity index (χ2n) is 17.4. The third kappa shape index (κ3) is 8.46. The first kappa shape index (κ1) is 37.9. The van der Waals surface area contributed by atoms with Gasteiger partial charge in [-0.05, 0) is 65.4 Å². The van der Waals surface area contributed by atoms with Crippen LogP contribution in [0.5, 0.6) is 0 Å². The zero-order valence-electron chi connectivity index (χ0n) is 29.6. The third-order valence-corrected chi connectivity index (χ3v) is 12.7. The van der Waals surface area contributed by atoms with E-state index < -0.39 is 0 Å². The van der Waals surface area contributed by atoms with Gasteiger partial charge in [0.15, 0.2) is 0 Å².